The third kappa shape index (κ3) is 2.40. The molecule has 1 aliphatic heterocycles. The Bertz CT molecular complexity index is 526. The highest BCUT2D eigenvalue weighted by atomic mass is 35.5. The van der Waals surface area contributed by atoms with Crippen LogP contribution in [0, 0.1) is 0 Å². The van der Waals surface area contributed by atoms with Crippen molar-refractivity contribution in [2.75, 3.05) is 0 Å². The highest BCUT2D eigenvalue weighted by Crippen LogP contribution is 2.28. The van der Waals surface area contributed by atoms with Crippen LogP contribution < -0.4 is 5.73 Å². The lowest BCUT2D eigenvalue weighted by atomic mass is 10.2. The molecule has 0 aliphatic carbocycles. The topological polar surface area (TPSA) is 55.4 Å². The van der Waals surface area contributed by atoms with Gasteiger partial charge in [-0.05, 0) is 35.5 Å². The van der Waals surface area contributed by atoms with Crippen LogP contribution in [-0.4, -0.2) is 11.1 Å². The zero-order valence-corrected chi connectivity index (χ0v) is 10.2. The average Bonchev–Trinajstić information content (AvgIpc) is 2.51. The van der Waals surface area contributed by atoms with Gasteiger partial charge < -0.3 is 5.73 Å². The van der Waals surface area contributed by atoms with E-state index < -0.39 is 0 Å². The van der Waals surface area contributed by atoms with E-state index in [2.05, 4.69) is 4.99 Å². The lowest BCUT2D eigenvalue weighted by molar-refractivity contribution is -0.113. The molecule has 2 N–H and O–H groups in total. The molecule has 1 heterocycles. The van der Waals surface area contributed by atoms with Gasteiger partial charge in [-0.3, -0.25) is 4.79 Å². The predicted octanol–water partition coefficient (Wildman–Crippen LogP) is 2.92. The van der Waals surface area contributed by atoms with Gasteiger partial charge in [0, 0.05) is 0 Å². The first-order valence-electron chi connectivity index (χ1n) is 4.29. The second-order valence-corrected chi connectivity index (χ2v) is 4.92. The van der Waals surface area contributed by atoms with Crippen LogP contribution in [0.5, 0.6) is 0 Å². The van der Waals surface area contributed by atoms with Crippen molar-refractivity contribution in [3.63, 3.8) is 0 Å². The first kappa shape index (κ1) is 11.5. The Morgan fingerprint density at radius 1 is 1.31 bits per heavy atom. The summed E-state index contributed by atoms with van der Waals surface area (Å²) in [5.41, 5.74) is 6.21. The van der Waals surface area contributed by atoms with Crippen molar-refractivity contribution in [1.29, 1.82) is 0 Å². The summed E-state index contributed by atoms with van der Waals surface area (Å²) in [6.07, 6.45) is 1.68. The minimum Gasteiger partial charge on any atom is -0.378 e. The van der Waals surface area contributed by atoms with Crippen LogP contribution >= 0.6 is 35.0 Å². The van der Waals surface area contributed by atoms with E-state index in [9.17, 15) is 4.79 Å². The number of nitrogens with zero attached hydrogens (tertiary/aromatic N) is 1. The normalized spacial score (nSPS) is 18.0. The molecule has 0 aromatic heterocycles. The molecule has 0 saturated carbocycles. The molecule has 0 saturated heterocycles. The molecule has 2 rings (SSSR count). The maximum atomic E-state index is 11.3. The standard InChI is InChI=1S/C10H6Cl2N2OS/c11-6-2-1-5(3-7(6)12)4-8-9(15)14-10(13)16-8/h1-4H,(H2,13,14,15)/b8-4-. The fourth-order valence-corrected chi connectivity index (χ4v) is 2.17. The molecule has 0 bridgehead atoms. The number of carbonyl (C=O) groups is 1. The number of nitrogens with two attached hydrogens (primary N) is 1. The number of amides is 1. The molecule has 0 spiro atoms. The Morgan fingerprint density at radius 3 is 2.62 bits per heavy atom. The van der Waals surface area contributed by atoms with Crippen LogP contribution in [0.4, 0.5) is 0 Å². The van der Waals surface area contributed by atoms with E-state index in [1.54, 1.807) is 24.3 Å². The number of amidine groups is 1. The molecule has 1 aromatic carbocycles. The smallest absolute Gasteiger partial charge is 0.286 e. The maximum Gasteiger partial charge on any atom is 0.286 e. The summed E-state index contributed by atoms with van der Waals surface area (Å²) in [6.45, 7) is 0. The van der Waals surface area contributed by atoms with Crippen molar-refractivity contribution in [2.45, 2.75) is 0 Å². The largest absolute Gasteiger partial charge is 0.378 e. The number of benzene rings is 1. The summed E-state index contributed by atoms with van der Waals surface area (Å²) in [7, 11) is 0. The van der Waals surface area contributed by atoms with Gasteiger partial charge in [0.1, 0.15) is 0 Å². The van der Waals surface area contributed by atoms with Gasteiger partial charge in [-0.1, -0.05) is 29.3 Å². The lowest BCUT2D eigenvalue weighted by Crippen LogP contribution is -2.01. The van der Waals surface area contributed by atoms with Crippen LogP contribution in [0.1, 0.15) is 5.56 Å². The van der Waals surface area contributed by atoms with Gasteiger partial charge in [0.2, 0.25) is 0 Å². The molecule has 0 fully saturated rings. The van der Waals surface area contributed by atoms with Crippen LogP contribution in [0.15, 0.2) is 28.1 Å². The van der Waals surface area contributed by atoms with Crippen LogP contribution in [-0.2, 0) is 4.79 Å². The number of rotatable bonds is 1. The van der Waals surface area contributed by atoms with E-state index >= 15 is 0 Å². The molecule has 1 aromatic rings. The number of carbonyl (C=O) groups excluding carboxylic acids is 1. The molecule has 1 aliphatic rings. The first-order chi connectivity index (χ1) is 7.56. The summed E-state index contributed by atoms with van der Waals surface area (Å²) < 4.78 is 0. The number of halogens is 2. The SMILES string of the molecule is NC1=NC(=O)/C(=C/c2ccc(Cl)c(Cl)c2)S1. The van der Waals surface area contributed by atoms with Crippen molar-refractivity contribution in [3.05, 3.63) is 38.7 Å². The third-order valence-electron chi connectivity index (χ3n) is 1.88. The average molecular weight is 273 g/mol. The van der Waals surface area contributed by atoms with E-state index in [1.807, 2.05) is 0 Å². The molecule has 6 heteroatoms. The number of hydrogen-bond acceptors (Lipinski definition) is 3. The summed E-state index contributed by atoms with van der Waals surface area (Å²) in [5, 5.41) is 1.18. The second kappa shape index (κ2) is 4.49. The van der Waals surface area contributed by atoms with E-state index in [1.165, 1.54) is 0 Å². The summed E-state index contributed by atoms with van der Waals surface area (Å²) in [5.74, 6) is -0.325. The Morgan fingerprint density at radius 2 is 2.06 bits per heavy atom. The van der Waals surface area contributed by atoms with Crippen molar-refractivity contribution in [2.24, 2.45) is 10.7 Å². The molecule has 1 amide bonds. The highest BCUT2D eigenvalue weighted by molar-refractivity contribution is 8.18. The van der Waals surface area contributed by atoms with Crippen molar-refractivity contribution in [3.8, 4) is 0 Å². The Labute approximate surface area is 106 Å². The van der Waals surface area contributed by atoms with Gasteiger partial charge in [-0.2, -0.15) is 4.99 Å². The summed E-state index contributed by atoms with van der Waals surface area (Å²) >= 11 is 12.8. The van der Waals surface area contributed by atoms with Gasteiger partial charge in [0.15, 0.2) is 5.17 Å². The van der Waals surface area contributed by atoms with Gasteiger partial charge >= 0.3 is 0 Å². The van der Waals surface area contributed by atoms with Gasteiger partial charge in [-0.25, -0.2) is 0 Å². The van der Waals surface area contributed by atoms with Gasteiger partial charge in [0.25, 0.3) is 5.91 Å². The van der Waals surface area contributed by atoms with E-state index in [0.29, 0.717) is 15.0 Å². The molecule has 0 unspecified atom stereocenters. The zero-order chi connectivity index (χ0) is 11.7. The van der Waals surface area contributed by atoms with E-state index in [4.69, 9.17) is 28.9 Å². The minimum atomic E-state index is -0.325. The third-order valence-corrected chi connectivity index (χ3v) is 3.43. The molecular formula is C10H6Cl2N2OS. The fraction of sp³-hybridized carbons (Fsp3) is 0. The van der Waals surface area contributed by atoms with Gasteiger partial charge in [-0.15, -0.1) is 0 Å². The van der Waals surface area contributed by atoms with Gasteiger partial charge in [0.05, 0.1) is 15.0 Å². The number of hydrogen-bond donors (Lipinski definition) is 1. The summed E-state index contributed by atoms with van der Waals surface area (Å²) in [4.78, 5) is 15.4. The lowest BCUT2D eigenvalue weighted by Gasteiger charge is -1.98. The monoisotopic (exact) mass is 272 g/mol. The maximum absolute atomic E-state index is 11.3. The van der Waals surface area contributed by atoms with Crippen LogP contribution in [0.25, 0.3) is 6.08 Å². The van der Waals surface area contributed by atoms with Crippen molar-refractivity contribution in [1.82, 2.24) is 0 Å². The van der Waals surface area contributed by atoms with Crippen molar-refractivity contribution >= 4 is 52.1 Å². The first-order valence-corrected chi connectivity index (χ1v) is 5.86. The Kier molecular flexibility index (Phi) is 3.23. The molecule has 3 nitrogen and oxygen atoms in total. The molecule has 16 heavy (non-hydrogen) atoms. The molecule has 0 radical (unpaired) electrons. The van der Waals surface area contributed by atoms with Crippen LogP contribution in [0.3, 0.4) is 0 Å². The van der Waals surface area contributed by atoms with Crippen molar-refractivity contribution < 1.29 is 4.79 Å². The number of thioether (sulfide) groups is 1. The second-order valence-electron chi connectivity index (χ2n) is 3.04. The van der Waals surface area contributed by atoms with E-state index in [-0.39, 0.29) is 11.1 Å². The van der Waals surface area contributed by atoms with E-state index in [0.717, 1.165) is 17.3 Å². The highest BCUT2D eigenvalue weighted by Gasteiger charge is 2.19. The predicted molar refractivity (Wildman–Crippen MR) is 68.7 cm³/mol. The summed E-state index contributed by atoms with van der Waals surface area (Å²) in [6, 6.07) is 5.12. The Balaban J connectivity index is 2.31. The number of aliphatic imine (C=N–C) groups is 1. The Hall–Kier alpha value is -0.970. The quantitative estimate of drug-likeness (QED) is 0.800. The minimum absolute atomic E-state index is 0.260. The molecular weight excluding hydrogens is 267 g/mol. The molecule has 0 atom stereocenters. The van der Waals surface area contributed by atoms with Crippen LogP contribution in [0.2, 0.25) is 10.0 Å². The zero-order valence-electron chi connectivity index (χ0n) is 7.91. The fourth-order valence-electron chi connectivity index (χ4n) is 1.18. The molecule has 82 valence electrons.